The van der Waals surface area contributed by atoms with Gasteiger partial charge in [-0.3, -0.25) is 0 Å². The van der Waals surface area contributed by atoms with Crippen molar-refractivity contribution >= 4 is 6.09 Å². The maximum atomic E-state index is 12.2. The number of ether oxygens (including phenoxy) is 1. The van der Waals surface area contributed by atoms with E-state index in [1.165, 1.54) is 11.1 Å². The molecule has 0 radical (unpaired) electrons. The molecule has 1 saturated heterocycles. The fraction of sp³-hybridized carbons (Fsp3) is 0.450. The minimum Gasteiger partial charge on any atom is -0.443 e. The molecule has 4 heteroatoms. The smallest absolute Gasteiger partial charge is 0.419 e. The fourth-order valence-electron chi connectivity index (χ4n) is 2.62. The first-order chi connectivity index (χ1) is 11.3. The summed E-state index contributed by atoms with van der Waals surface area (Å²) in [6, 6.07) is 8.49. The lowest BCUT2D eigenvalue weighted by molar-refractivity contribution is 0.0447. The summed E-state index contributed by atoms with van der Waals surface area (Å²) in [5, 5.41) is 0. The quantitative estimate of drug-likeness (QED) is 0.837. The van der Waals surface area contributed by atoms with E-state index in [0.29, 0.717) is 6.54 Å². The van der Waals surface area contributed by atoms with Crippen molar-refractivity contribution in [1.29, 1.82) is 0 Å². The first-order valence-corrected chi connectivity index (χ1v) is 8.47. The Morgan fingerprint density at radius 1 is 1.25 bits per heavy atom. The van der Waals surface area contributed by atoms with E-state index >= 15 is 0 Å². The van der Waals surface area contributed by atoms with Crippen LogP contribution in [0.4, 0.5) is 4.79 Å². The highest BCUT2D eigenvalue weighted by atomic mass is 16.6. The lowest BCUT2D eigenvalue weighted by atomic mass is 9.98. The molecule has 1 aromatic rings. The molecule has 4 nitrogen and oxygen atoms in total. The lowest BCUT2D eigenvalue weighted by Crippen LogP contribution is -2.26. The van der Waals surface area contributed by atoms with Gasteiger partial charge in [-0.2, -0.15) is 0 Å². The molecule has 0 bridgehead atoms. The Balaban J connectivity index is 2.10. The Morgan fingerprint density at radius 3 is 2.38 bits per heavy atom. The number of amides is 1. The third-order valence-electron chi connectivity index (χ3n) is 3.89. The zero-order valence-corrected chi connectivity index (χ0v) is 15.3. The van der Waals surface area contributed by atoms with Crippen molar-refractivity contribution in [2.24, 2.45) is 5.73 Å². The van der Waals surface area contributed by atoms with E-state index in [1.807, 2.05) is 33.8 Å². The summed E-state index contributed by atoms with van der Waals surface area (Å²) in [7, 11) is 0. The molecular formula is C20H28N2O2. The van der Waals surface area contributed by atoms with Crippen LogP contribution in [0.25, 0.3) is 0 Å². The van der Waals surface area contributed by atoms with Crippen molar-refractivity contribution in [1.82, 2.24) is 4.90 Å². The van der Waals surface area contributed by atoms with E-state index in [1.54, 1.807) is 4.90 Å². The summed E-state index contributed by atoms with van der Waals surface area (Å²) in [5.41, 5.74) is 9.42. The minimum absolute atomic E-state index is 0.217. The number of allylic oxidation sites excluding steroid dienone is 2. The van der Waals surface area contributed by atoms with Crippen LogP contribution in [-0.4, -0.2) is 23.1 Å². The largest absolute Gasteiger partial charge is 0.443 e. The van der Waals surface area contributed by atoms with Crippen LogP contribution in [0.15, 0.2) is 47.8 Å². The van der Waals surface area contributed by atoms with Crippen molar-refractivity contribution in [2.45, 2.75) is 52.6 Å². The second kappa shape index (κ2) is 7.22. The van der Waals surface area contributed by atoms with Crippen molar-refractivity contribution < 1.29 is 9.53 Å². The highest BCUT2D eigenvalue weighted by Crippen LogP contribution is 2.41. The van der Waals surface area contributed by atoms with Crippen LogP contribution in [0.3, 0.4) is 0 Å². The highest BCUT2D eigenvalue weighted by molar-refractivity contribution is 5.82. The number of nitrogens with zero attached hydrogens (tertiary/aromatic N) is 1. The molecule has 1 aliphatic rings. The number of carbonyl (C=O) groups is 1. The Bertz CT molecular complexity index is 651. The summed E-state index contributed by atoms with van der Waals surface area (Å²) in [6.45, 7) is 10.3. The van der Waals surface area contributed by atoms with Crippen molar-refractivity contribution in [3.8, 4) is 0 Å². The zero-order valence-electron chi connectivity index (χ0n) is 15.3. The van der Waals surface area contributed by atoms with Gasteiger partial charge in [0.15, 0.2) is 0 Å². The van der Waals surface area contributed by atoms with Crippen LogP contribution in [0.5, 0.6) is 0 Å². The van der Waals surface area contributed by atoms with Gasteiger partial charge >= 0.3 is 6.09 Å². The average Bonchev–Trinajstić information content (AvgIpc) is 3.19. The minimum atomic E-state index is -0.492. The zero-order chi connectivity index (χ0) is 17.9. The van der Waals surface area contributed by atoms with Crippen molar-refractivity contribution in [3.05, 3.63) is 58.9 Å². The third-order valence-corrected chi connectivity index (χ3v) is 3.89. The summed E-state index contributed by atoms with van der Waals surface area (Å²) in [4.78, 5) is 13.9. The first kappa shape index (κ1) is 18.3. The molecule has 0 aliphatic carbocycles. The lowest BCUT2D eigenvalue weighted by Gasteiger charge is -2.19. The van der Waals surface area contributed by atoms with Crippen molar-refractivity contribution in [2.75, 3.05) is 6.54 Å². The molecule has 1 heterocycles. The number of nitrogens with two attached hydrogens (primary N) is 1. The summed E-state index contributed by atoms with van der Waals surface area (Å²) < 4.78 is 5.45. The van der Waals surface area contributed by atoms with Crippen LogP contribution in [0, 0.1) is 0 Å². The van der Waals surface area contributed by atoms with Gasteiger partial charge < -0.3 is 10.5 Å². The van der Waals surface area contributed by atoms with Gasteiger partial charge in [0.2, 0.25) is 0 Å². The Kier molecular flexibility index (Phi) is 5.50. The van der Waals surface area contributed by atoms with Crippen molar-refractivity contribution in [3.63, 3.8) is 0 Å². The molecule has 24 heavy (non-hydrogen) atoms. The number of carbonyl (C=O) groups excluding carboxylic acids is 1. The summed E-state index contributed by atoms with van der Waals surface area (Å²) >= 11 is 0. The standard InChI is InChI=1S/C20H28N2O2/c1-6-17-18(22(17)19(23)24-20(3,4)5)13-14(2)16-9-7-15(8-10-16)11-12-21/h6-10,13-14H,11-12,21H2,1-5H3/b17-6+,18-13+. The Labute approximate surface area is 145 Å². The van der Waals surface area contributed by atoms with Gasteiger partial charge in [-0.1, -0.05) is 43.3 Å². The van der Waals surface area contributed by atoms with Crippen LogP contribution < -0.4 is 5.73 Å². The van der Waals surface area contributed by atoms with Crippen LogP contribution >= 0.6 is 0 Å². The highest BCUT2D eigenvalue weighted by Gasteiger charge is 2.41. The second-order valence-electron chi connectivity index (χ2n) is 7.11. The van der Waals surface area contributed by atoms with E-state index in [-0.39, 0.29) is 12.0 Å². The van der Waals surface area contributed by atoms with Gasteiger partial charge in [-0.25, -0.2) is 9.69 Å². The average molecular weight is 328 g/mol. The topological polar surface area (TPSA) is 55.3 Å². The summed E-state index contributed by atoms with van der Waals surface area (Å²) in [6.07, 6.45) is 4.63. The van der Waals surface area contributed by atoms with E-state index in [0.717, 1.165) is 17.8 Å². The molecule has 1 aromatic carbocycles. The Hall–Kier alpha value is -2.07. The second-order valence-corrected chi connectivity index (χ2v) is 7.11. The molecule has 2 N–H and O–H groups in total. The molecule has 1 fully saturated rings. The Morgan fingerprint density at radius 2 is 1.88 bits per heavy atom. The predicted octanol–water partition coefficient (Wildman–Crippen LogP) is 4.33. The van der Waals surface area contributed by atoms with E-state index < -0.39 is 5.60 Å². The third kappa shape index (κ3) is 4.48. The number of hydrogen-bond donors (Lipinski definition) is 1. The van der Waals surface area contributed by atoms with Crippen LogP contribution in [0.2, 0.25) is 0 Å². The molecule has 1 amide bonds. The SMILES string of the molecule is C/C=C1\C(=C/C(C)c2ccc(CCN)cc2)N1C(=O)OC(C)(C)C. The normalized spacial score (nSPS) is 18.8. The van der Waals surface area contributed by atoms with Gasteiger partial charge in [-0.15, -0.1) is 0 Å². The molecule has 1 unspecified atom stereocenters. The molecule has 130 valence electrons. The van der Waals surface area contributed by atoms with Crippen LogP contribution in [-0.2, 0) is 11.2 Å². The molecule has 0 aromatic heterocycles. The maximum Gasteiger partial charge on any atom is 0.419 e. The molecular weight excluding hydrogens is 300 g/mol. The van der Waals surface area contributed by atoms with E-state index in [9.17, 15) is 4.79 Å². The number of hydrogen-bond acceptors (Lipinski definition) is 3. The van der Waals surface area contributed by atoms with Gasteiger partial charge in [0.05, 0.1) is 11.4 Å². The van der Waals surface area contributed by atoms with Crippen LogP contribution in [0.1, 0.15) is 51.7 Å². The molecule has 1 aliphatic heterocycles. The molecule has 0 saturated carbocycles. The molecule has 2 rings (SSSR count). The maximum absolute atomic E-state index is 12.2. The number of rotatable bonds is 4. The van der Waals surface area contributed by atoms with E-state index in [4.69, 9.17) is 10.5 Å². The first-order valence-electron chi connectivity index (χ1n) is 8.47. The van der Waals surface area contributed by atoms with Gasteiger partial charge in [0.1, 0.15) is 5.60 Å². The predicted molar refractivity (Wildman–Crippen MR) is 97.5 cm³/mol. The van der Waals surface area contributed by atoms with Gasteiger partial charge in [-0.05, 0) is 51.8 Å². The molecule has 0 spiro atoms. The monoisotopic (exact) mass is 328 g/mol. The van der Waals surface area contributed by atoms with Gasteiger partial charge in [0, 0.05) is 5.92 Å². The van der Waals surface area contributed by atoms with Gasteiger partial charge in [0.25, 0.3) is 0 Å². The fourth-order valence-corrected chi connectivity index (χ4v) is 2.62. The summed E-state index contributed by atoms with van der Waals surface area (Å²) in [5.74, 6) is 0.217. The number of benzene rings is 1. The molecule has 1 atom stereocenters. The van der Waals surface area contributed by atoms with E-state index in [2.05, 4.69) is 37.3 Å².